The van der Waals surface area contributed by atoms with Crippen molar-refractivity contribution in [2.24, 2.45) is 0 Å². The molecule has 0 spiro atoms. The smallest absolute Gasteiger partial charge is 0.286 e. The van der Waals surface area contributed by atoms with E-state index in [1.165, 1.54) is 25.7 Å². The van der Waals surface area contributed by atoms with Gasteiger partial charge in [0.1, 0.15) is 0 Å². The third-order valence-corrected chi connectivity index (χ3v) is 5.17. The van der Waals surface area contributed by atoms with E-state index in [-0.39, 0.29) is 16.4 Å². The van der Waals surface area contributed by atoms with E-state index >= 15 is 0 Å². The molecule has 0 aromatic heterocycles. The maximum absolute atomic E-state index is 11.4. The van der Waals surface area contributed by atoms with Crippen LogP contribution in [0.3, 0.4) is 0 Å². The van der Waals surface area contributed by atoms with Gasteiger partial charge in [-0.1, -0.05) is 80.8 Å². The Kier molecular flexibility index (Phi) is 13.1. The zero-order valence-corrected chi connectivity index (χ0v) is 16.4. The Morgan fingerprint density at radius 1 is 0.840 bits per heavy atom. The van der Waals surface area contributed by atoms with E-state index in [0.29, 0.717) is 0 Å². The van der Waals surface area contributed by atoms with Gasteiger partial charge < -0.3 is 0 Å². The van der Waals surface area contributed by atoms with Gasteiger partial charge in [-0.15, -0.1) is 0 Å². The van der Waals surface area contributed by atoms with Crippen molar-refractivity contribution in [2.45, 2.75) is 82.8 Å². The molecule has 1 N–H and O–H groups in total. The molecule has 140 valence electrons. The summed E-state index contributed by atoms with van der Waals surface area (Å²) in [6, 6.07) is 0. The molecule has 1 fully saturated rings. The molecular formula is C21H33NO2S. The van der Waals surface area contributed by atoms with Crippen LogP contribution in [0.4, 0.5) is 4.79 Å². The van der Waals surface area contributed by atoms with Crippen molar-refractivity contribution >= 4 is 22.9 Å². The lowest BCUT2D eigenvalue weighted by Crippen LogP contribution is -2.23. The summed E-state index contributed by atoms with van der Waals surface area (Å²) in [4.78, 5) is 22.4. The first-order valence-corrected chi connectivity index (χ1v) is 10.6. The predicted octanol–water partition coefficient (Wildman–Crippen LogP) is 6.32. The average Bonchev–Trinajstić information content (AvgIpc) is 2.92. The molecule has 1 atom stereocenters. The summed E-state index contributed by atoms with van der Waals surface area (Å²) in [7, 11) is 0. The van der Waals surface area contributed by atoms with Gasteiger partial charge in [0.2, 0.25) is 5.91 Å². The molecule has 4 heteroatoms. The molecule has 1 rings (SSSR count). The molecule has 2 amide bonds. The molecule has 0 bridgehead atoms. The van der Waals surface area contributed by atoms with Gasteiger partial charge in [0.15, 0.2) is 0 Å². The minimum Gasteiger partial charge on any atom is -0.286 e. The molecule has 0 aromatic carbocycles. The summed E-state index contributed by atoms with van der Waals surface area (Å²) < 4.78 is 0. The number of hydrogen-bond acceptors (Lipinski definition) is 3. The summed E-state index contributed by atoms with van der Waals surface area (Å²) in [5.74, 6) is -0.113. The van der Waals surface area contributed by atoms with Gasteiger partial charge in [0.05, 0.1) is 5.25 Å². The Morgan fingerprint density at radius 2 is 1.44 bits per heavy atom. The summed E-state index contributed by atoms with van der Waals surface area (Å²) in [5, 5.41) is 1.98. The number of unbranched alkanes of at least 4 members (excludes halogenated alkanes) is 6. The highest BCUT2D eigenvalue weighted by Gasteiger charge is 2.30. The van der Waals surface area contributed by atoms with Crippen molar-refractivity contribution in [2.75, 3.05) is 0 Å². The molecule has 1 aliphatic heterocycles. The molecule has 25 heavy (non-hydrogen) atoms. The average molecular weight is 364 g/mol. The van der Waals surface area contributed by atoms with E-state index < -0.39 is 0 Å². The molecule has 0 saturated carbocycles. The van der Waals surface area contributed by atoms with Crippen LogP contribution in [0.2, 0.25) is 0 Å². The lowest BCUT2D eigenvalue weighted by molar-refractivity contribution is -0.119. The van der Waals surface area contributed by atoms with Gasteiger partial charge in [-0.05, 0) is 44.9 Å². The Balaban J connectivity index is 1.89. The Labute approximate surface area is 157 Å². The fraction of sp³-hybridized carbons (Fsp3) is 0.619. The molecular weight excluding hydrogens is 330 g/mol. The van der Waals surface area contributed by atoms with Crippen molar-refractivity contribution in [3.8, 4) is 0 Å². The van der Waals surface area contributed by atoms with Crippen LogP contribution in [0.25, 0.3) is 0 Å². The minimum atomic E-state index is -0.196. The zero-order valence-electron chi connectivity index (χ0n) is 15.5. The second kappa shape index (κ2) is 15.0. The minimum absolute atomic E-state index is 0.113. The molecule has 3 nitrogen and oxygen atoms in total. The Morgan fingerprint density at radius 3 is 2.00 bits per heavy atom. The highest BCUT2D eigenvalue weighted by Crippen LogP contribution is 2.24. The van der Waals surface area contributed by atoms with E-state index in [1.54, 1.807) is 0 Å². The monoisotopic (exact) mass is 363 g/mol. The molecule has 1 saturated heterocycles. The number of allylic oxidation sites excluding steroid dienone is 6. The highest BCUT2D eigenvalue weighted by atomic mass is 32.2. The second-order valence-corrected chi connectivity index (χ2v) is 7.58. The van der Waals surface area contributed by atoms with Crippen LogP contribution in [0.15, 0.2) is 36.5 Å². The number of nitrogens with one attached hydrogen (secondary N) is 1. The molecule has 0 radical (unpaired) electrons. The molecule has 0 aliphatic carbocycles. The van der Waals surface area contributed by atoms with Crippen LogP contribution < -0.4 is 5.32 Å². The normalized spacial score (nSPS) is 18.2. The maximum atomic E-state index is 11.4. The van der Waals surface area contributed by atoms with Gasteiger partial charge in [0.25, 0.3) is 5.24 Å². The van der Waals surface area contributed by atoms with Crippen LogP contribution in [0.1, 0.15) is 77.6 Å². The van der Waals surface area contributed by atoms with Gasteiger partial charge in [-0.3, -0.25) is 14.9 Å². The summed E-state index contributed by atoms with van der Waals surface area (Å²) in [6.45, 7) is 2.23. The largest absolute Gasteiger partial charge is 0.286 e. The number of hydrogen-bond donors (Lipinski definition) is 1. The number of amides is 2. The molecule has 0 aromatic rings. The number of carbonyl (C=O) groups excluding carboxylic acids is 2. The lowest BCUT2D eigenvalue weighted by atomic mass is 10.1. The zero-order chi connectivity index (χ0) is 18.2. The van der Waals surface area contributed by atoms with E-state index in [0.717, 1.165) is 56.7 Å². The second-order valence-electron chi connectivity index (χ2n) is 6.40. The maximum Gasteiger partial charge on any atom is 0.286 e. The van der Waals surface area contributed by atoms with Crippen molar-refractivity contribution in [1.82, 2.24) is 5.32 Å². The van der Waals surface area contributed by atoms with Gasteiger partial charge >= 0.3 is 0 Å². The molecule has 1 unspecified atom stereocenters. The first-order valence-electron chi connectivity index (χ1n) is 9.70. The van der Waals surface area contributed by atoms with Crippen molar-refractivity contribution in [3.05, 3.63) is 36.5 Å². The fourth-order valence-corrected chi connectivity index (χ4v) is 3.51. The van der Waals surface area contributed by atoms with Gasteiger partial charge in [-0.25, -0.2) is 0 Å². The predicted molar refractivity (Wildman–Crippen MR) is 109 cm³/mol. The van der Waals surface area contributed by atoms with Crippen LogP contribution in [-0.2, 0) is 4.79 Å². The van der Waals surface area contributed by atoms with Crippen LogP contribution in [0.5, 0.6) is 0 Å². The molecule has 1 heterocycles. The summed E-state index contributed by atoms with van der Waals surface area (Å²) in [6.07, 6.45) is 25.8. The number of imide groups is 1. The third-order valence-electron chi connectivity index (χ3n) is 4.12. The number of thioether (sulfide) groups is 1. The Bertz CT molecular complexity index is 469. The first kappa shape index (κ1) is 21.8. The Hall–Kier alpha value is -1.29. The van der Waals surface area contributed by atoms with Gasteiger partial charge in [-0.2, -0.15) is 0 Å². The summed E-state index contributed by atoms with van der Waals surface area (Å²) in [5.41, 5.74) is 0. The van der Waals surface area contributed by atoms with Crippen molar-refractivity contribution < 1.29 is 9.59 Å². The summed E-state index contributed by atoms with van der Waals surface area (Å²) >= 11 is 1.14. The standard InChI is InChI=1S/C21H33NO2S/c1-2-3-4-5-6-7-8-9-10-11-12-13-14-15-16-17-18-19-20(23)22-21(24)25-19/h6-7,9-10,12-13,19H,2-5,8,11,14-18H2,1H3,(H,22,23,24)/b7-6-,10-9-,13-12?. The van der Waals surface area contributed by atoms with E-state index in [4.69, 9.17) is 0 Å². The highest BCUT2D eigenvalue weighted by molar-refractivity contribution is 8.15. The van der Waals surface area contributed by atoms with E-state index in [2.05, 4.69) is 48.7 Å². The van der Waals surface area contributed by atoms with E-state index in [1.807, 2.05) is 0 Å². The van der Waals surface area contributed by atoms with Crippen LogP contribution in [-0.4, -0.2) is 16.4 Å². The topological polar surface area (TPSA) is 46.2 Å². The molecule has 1 aliphatic rings. The SMILES string of the molecule is CCCCC/C=C\C/C=C\CC=CCCCCCC1SC(=O)NC1=O. The fourth-order valence-electron chi connectivity index (χ4n) is 2.64. The van der Waals surface area contributed by atoms with Gasteiger partial charge in [0, 0.05) is 0 Å². The van der Waals surface area contributed by atoms with Crippen LogP contribution >= 0.6 is 11.8 Å². The van der Waals surface area contributed by atoms with Crippen molar-refractivity contribution in [3.63, 3.8) is 0 Å². The van der Waals surface area contributed by atoms with E-state index in [9.17, 15) is 9.59 Å². The first-order chi connectivity index (χ1) is 12.2. The number of rotatable bonds is 14. The van der Waals surface area contributed by atoms with Crippen LogP contribution in [0, 0.1) is 0 Å². The third kappa shape index (κ3) is 11.8. The quantitative estimate of drug-likeness (QED) is 0.290. The lowest BCUT2D eigenvalue weighted by Gasteiger charge is -2.03. The van der Waals surface area contributed by atoms with Crippen molar-refractivity contribution in [1.29, 1.82) is 0 Å². The number of carbonyl (C=O) groups is 2.